The lowest BCUT2D eigenvalue weighted by Crippen LogP contribution is -2.38. The minimum absolute atomic E-state index is 0.0937. The SMILES string of the molecule is COC1(c2nc(OC3CCC3)c3cc(N)c(C=N)cc3c2-c2ccc(F)c(F)c2)CCC1. The minimum atomic E-state index is -0.931. The van der Waals surface area contributed by atoms with Gasteiger partial charge in [0.25, 0.3) is 0 Å². The molecule has 3 aromatic rings. The molecule has 5 rings (SSSR count). The highest BCUT2D eigenvalue weighted by atomic mass is 19.2. The summed E-state index contributed by atoms with van der Waals surface area (Å²) in [5.74, 6) is -1.37. The van der Waals surface area contributed by atoms with Crippen LogP contribution in [-0.4, -0.2) is 24.4 Å². The average Bonchev–Trinajstić information content (AvgIpc) is 2.72. The summed E-state index contributed by atoms with van der Waals surface area (Å²) in [5.41, 5.74) is 8.34. The van der Waals surface area contributed by atoms with Crippen molar-refractivity contribution in [1.29, 1.82) is 5.41 Å². The second kappa shape index (κ2) is 7.81. The topological polar surface area (TPSA) is 81.2 Å². The molecule has 0 spiro atoms. The number of methoxy groups -OCH3 is 1. The zero-order chi connectivity index (χ0) is 22.5. The van der Waals surface area contributed by atoms with Gasteiger partial charge in [-0.3, -0.25) is 0 Å². The monoisotopic (exact) mass is 437 g/mol. The summed E-state index contributed by atoms with van der Waals surface area (Å²) < 4.78 is 40.2. The molecule has 0 radical (unpaired) electrons. The summed E-state index contributed by atoms with van der Waals surface area (Å²) in [5, 5.41) is 9.19. The number of nitrogens with zero attached hydrogens (tertiary/aromatic N) is 1. The van der Waals surface area contributed by atoms with Crippen LogP contribution in [-0.2, 0) is 10.3 Å². The lowest BCUT2D eigenvalue weighted by atomic mass is 9.74. The largest absolute Gasteiger partial charge is 0.474 e. The predicted octanol–water partition coefficient (Wildman–Crippen LogP) is 5.72. The van der Waals surface area contributed by atoms with E-state index in [1.54, 1.807) is 25.3 Å². The first-order chi connectivity index (χ1) is 15.5. The Morgan fingerprint density at radius 1 is 1.09 bits per heavy atom. The first-order valence-corrected chi connectivity index (χ1v) is 10.9. The van der Waals surface area contributed by atoms with Crippen molar-refractivity contribution in [2.45, 2.75) is 50.2 Å². The van der Waals surface area contributed by atoms with E-state index in [0.29, 0.717) is 39.3 Å². The molecule has 32 heavy (non-hydrogen) atoms. The zero-order valence-corrected chi connectivity index (χ0v) is 17.9. The third kappa shape index (κ3) is 3.23. The Bertz CT molecular complexity index is 1210. The van der Waals surface area contributed by atoms with Gasteiger partial charge in [0.15, 0.2) is 11.6 Å². The minimum Gasteiger partial charge on any atom is -0.474 e. The van der Waals surface area contributed by atoms with Gasteiger partial charge in [0.2, 0.25) is 5.88 Å². The van der Waals surface area contributed by atoms with E-state index in [9.17, 15) is 8.78 Å². The quantitative estimate of drug-likeness (QED) is 0.382. The molecule has 3 N–H and O–H groups in total. The number of fused-ring (bicyclic) bond motifs is 1. The van der Waals surface area contributed by atoms with E-state index >= 15 is 0 Å². The van der Waals surface area contributed by atoms with Crippen LogP contribution in [0.1, 0.15) is 49.8 Å². The number of rotatable bonds is 6. The first-order valence-electron chi connectivity index (χ1n) is 10.9. The molecule has 2 saturated carbocycles. The van der Waals surface area contributed by atoms with Gasteiger partial charge in [0, 0.05) is 35.5 Å². The van der Waals surface area contributed by atoms with Crippen LogP contribution in [0.15, 0.2) is 30.3 Å². The number of benzene rings is 2. The number of anilines is 1. The van der Waals surface area contributed by atoms with Gasteiger partial charge >= 0.3 is 0 Å². The molecule has 0 amide bonds. The van der Waals surface area contributed by atoms with E-state index in [2.05, 4.69) is 0 Å². The fourth-order valence-electron chi connectivity index (χ4n) is 4.53. The summed E-state index contributed by atoms with van der Waals surface area (Å²) in [6.45, 7) is 0. The Labute approximate surface area is 185 Å². The van der Waals surface area contributed by atoms with Gasteiger partial charge in [0.05, 0.1) is 5.69 Å². The summed E-state index contributed by atoms with van der Waals surface area (Å²) >= 11 is 0. The molecule has 0 aliphatic heterocycles. The molecule has 7 heteroatoms. The fourth-order valence-corrected chi connectivity index (χ4v) is 4.53. The van der Waals surface area contributed by atoms with Crippen LogP contribution >= 0.6 is 0 Å². The lowest BCUT2D eigenvalue weighted by molar-refractivity contribution is -0.0810. The van der Waals surface area contributed by atoms with Crippen LogP contribution in [0.3, 0.4) is 0 Å². The van der Waals surface area contributed by atoms with Crippen LogP contribution in [0.2, 0.25) is 0 Å². The molecule has 5 nitrogen and oxygen atoms in total. The number of pyridine rings is 1. The van der Waals surface area contributed by atoms with E-state index < -0.39 is 17.2 Å². The van der Waals surface area contributed by atoms with Crippen LogP contribution in [0.5, 0.6) is 5.88 Å². The van der Waals surface area contributed by atoms with Gasteiger partial charge in [0.1, 0.15) is 11.7 Å². The summed E-state index contributed by atoms with van der Waals surface area (Å²) in [4.78, 5) is 4.94. The highest BCUT2D eigenvalue weighted by Gasteiger charge is 2.43. The number of nitrogen functional groups attached to an aromatic ring is 1. The Balaban J connectivity index is 1.86. The van der Waals surface area contributed by atoms with Crippen molar-refractivity contribution in [2.24, 2.45) is 0 Å². The maximum Gasteiger partial charge on any atom is 0.222 e. The Hall–Kier alpha value is -3.06. The Morgan fingerprint density at radius 3 is 2.44 bits per heavy atom. The number of halogens is 2. The number of nitrogens with two attached hydrogens (primary N) is 1. The van der Waals surface area contributed by atoms with Crippen LogP contribution in [0.25, 0.3) is 21.9 Å². The molecule has 1 aromatic heterocycles. The van der Waals surface area contributed by atoms with E-state index in [-0.39, 0.29) is 6.10 Å². The Morgan fingerprint density at radius 2 is 1.88 bits per heavy atom. The second-order valence-corrected chi connectivity index (χ2v) is 8.66. The van der Waals surface area contributed by atoms with Crippen LogP contribution < -0.4 is 10.5 Å². The summed E-state index contributed by atoms with van der Waals surface area (Å²) in [6, 6.07) is 7.41. The Kier molecular flexibility index (Phi) is 5.08. The van der Waals surface area contributed by atoms with Gasteiger partial charge in [-0.2, -0.15) is 0 Å². The third-order valence-electron chi connectivity index (χ3n) is 6.85. The number of hydrogen-bond donors (Lipinski definition) is 2. The van der Waals surface area contributed by atoms with Crippen LogP contribution in [0, 0.1) is 17.0 Å². The highest BCUT2D eigenvalue weighted by Crippen LogP contribution is 2.50. The van der Waals surface area contributed by atoms with Gasteiger partial charge in [-0.1, -0.05) is 6.07 Å². The highest BCUT2D eigenvalue weighted by molar-refractivity contribution is 6.05. The van der Waals surface area contributed by atoms with Gasteiger partial charge in [-0.15, -0.1) is 0 Å². The molecule has 166 valence electrons. The lowest BCUT2D eigenvalue weighted by Gasteiger charge is -2.41. The van der Waals surface area contributed by atoms with Crippen molar-refractivity contribution in [1.82, 2.24) is 4.98 Å². The normalized spacial score (nSPS) is 17.6. The molecule has 2 fully saturated rings. The average molecular weight is 437 g/mol. The van der Waals surface area contributed by atoms with Crippen LogP contribution in [0.4, 0.5) is 14.5 Å². The molecular formula is C25H25F2N3O2. The maximum atomic E-state index is 14.3. The maximum absolute atomic E-state index is 14.3. The molecule has 2 aromatic carbocycles. The van der Waals surface area contributed by atoms with E-state index in [0.717, 1.165) is 50.0 Å². The van der Waals surface area contributed by atoms with Crippen molar-refractivity contribution in [3.8, 4) is 17.0 Å². The predicted molar refractivity (Wildman–Crippen MR) is 120 cm³/mol. The van der Waals surface area contributed by atoms with Crippen molar-refractivity contribution >= 4 is 22.7 Å². The fraction of sp³-hybridized carbons (Fsp3) is 0.360. The molecule has 0 atom stereocenters. The smallest absolute Gasteiger partial charge is 0.222 e. The molecule has 0 saturated heterocycles. The number of ether oxygens (including phenoxy) is 2. The molecule has 2 aliphatic carbocycles. The number of hydrogen-bond acceptors (Lipinski definition) is 5. The number of nitrogens with one attached hydrogen (secondary N) is 1. The van der Waals surface area contributed by atoms with Crippen molar-refractivity contribution in [3.63, 3.8) is 0 Å². The molecular weight excluding hydrogens is 412 g/mol. The molecule has 1 heterocycles. The van der Waals surface area contributed by atoms with Gasteiger partial charge in [-0.25, -0.2) is 13.8 Å². The van der Waals surface area contributed by atoms with E-state index in [1.807, 2.05) is 0 Å². The third-order valence-corrected chi connectivity index (χ3v) is 6.85. The summed E-state index contributed by atoms with van der Waals surface area (Å²) in [6.07, 6.45) is 6.85. The van der Waals surface area contributed by atoms with Crippen molar-refractivity contribution < 1.29 is 18.3 Å². The first kappa shape index (κ1) is 20.8. The molecule has 0 bridgehead atoms. The van der Waals surface area contributed by atoms with Gasteiger partial charge < -0.3 is 20.6 Å². The number of aromatic nitrogens is 1. The summed E-state index contributed by atoms with van der Waals surface area (Å²) in [7, 11) is 1.65. The second-order valence-electron chi connectivity index (χ2n) is 8.66. The van der Waals surface area contributed by atoms with Crippen molar-refractivity contribution in [3.05, 3.63) is 53.2 Å². The molecule has 2 aliphatic rings. The van der Waals surface area contributed by atoms with Gasteiger partial charge in [-0.05, 0) is 73.7 Å². The standard InChI is InChI=1S/C25H25F2N3O2/c1-31-25(8-3-9-25)23-22(14-6-7-19(26)20(27)11-14)17-10-15(13-28)21(29)12-18(17)24(30-23)32-16-4-2-5-16/h6-7,10-13,16,28H,2-5,8-9,29H2,1H3. The zero-order valence-electron chi connectivity index (χ0n) is 17.9. The van der Waals surface area contributed by atoms with E-state index in [1.165, 1.54) is 12.3 Å². The van der Waals surface area contributed by atoms with Crippen molar-refractivity contribution in [2.75, 3.05) is 12.8 Å². The molecule has 0 unspecified atom stereocenters. The van der Waals surface area contributed by atoms with E-state index in [4.69, 9.17) is 25.6 Å².